The number of nitrogens with zero attached hydrogens (tertiary/aromatic N) is 3. The molecule has 0 bridgehead atoms. The summed E-state index contributed by atoms with van der Waals surface area (Å²) in [6.07, 6.45) is -0.864. The van der Waals surface area contributed by atoms with Gasteiger partial charge in [-0.3, -0.25) is 4.79 Å². The van der Waals surface area contributed by atoms with Crippen molar-refractivity contribution in [2.45, 2.75) is 12.5 Å². The van der Waals surface area contributed by atoms with Crippen LogP contribution in [0.15, 0.2) is 5.34 Å². The van der Waals surface area contributed by atoms with E-state index in [0.29, 0.717) is 11.0 Å². The molecular weight excluding hydrogens is 238 g/mol. The Bertz CT molecular complexity index is 259. The van der Waals surface area contributed by atoms with E-state index in [0.717, 1.165) is 0 Å². The van der Waals surface area contributed by atoms with Gasteiger partial charge in [-0.2, -0.15) is 0 Å². The fraction of sp³-hybridized carbons (Fsp3) is 0.857. The van der Waals surface area contributed by atoms with Gasteiger partial charge in [0.05, 0.1) is 27.6 Å². The summed E-state index contributed by atoms with van der Waals surface area (Å²) in [7, 11) is 5.63. The van der Waals surface area contributed by atoms with E-state index < -0.39 is 17.2 Å². The number of carboxylic acid groups (broad SMARTS) is 1. The molecule has 0 saturated heterocycles. The first-order chi connectivity index (χ1) is 7.58. The smallest absolute Gasteiger partial charge is 0.307 e. The predicted molar refractivity (Wildman–Crippen MR) is 54.6 cm³/mol. The molecule has 0 radical (unpaired) electrons. The lowest BCUT2D eigenvalue weighted by molar-refractivity contribution is -0.873. The van der Waals surface area contributed by atoms with Crippen molar-refractivity contribution in [3.8, 4) is 0 Å². The highest BCUT2D eigenvalue weighted by Crippen LogP contribution is 2.04. The van der Waals surface area contributed by atoms with Crippen molar-refractivity contribution >= 4 is 5.97 Å². The summed E-state index contributed by atoms with van der Waals surface area (Å²) >= 11 is 0. The summed E-state index contributed by atoms with van der Waals surface area (Å²) in [6.45, 7) is 0.429. The minimum Gasteiger partial charge on any atom is -0.481 e. The molecule has 0 aliphatic carbocycles. The van der Waals surface area contributed by atoms with Crippen LogP contribution >= 0.6 is 0 Å². The molecule has 0 rings (SSSR count). The van der Waals surface area contributed by atoms with Crippen molar-refractivity contribution in [1.82, 2.24) is 0 Å². The van der Waals surface area contributed by atoms with Crippen LogP contribution in [0.2, 0.25) is 0 Å². The second-order valence-corrected chi connectivity index (χ2v) is 4.11. The number of hydrogen-bond donors (Lipinski definition) is 2. The van der Waals surface area contributed by atoms with Gasteiger partial charge in [-0.1, -0.05) is 0 Å². The van der Waals surface area contributed by atoms with E-state index in [1.54, 1.807) is 0 Å². The van der Waals surface area contributed by atoms with Crippen LogP contribution in [0.3, 0.4) is 0 Å². The van der Waals surface area contributed by atoms with Gasteiger partial charge in [0.15, 0.2) is 11.4 Å². The Morgan fingerprint density at radius 3 is 2.18 bits per heavy atom. The van der Waals surface area contributed by atoms with Crippen LogP contribution in [0, 0.1) is 15.0 Å². The highest BCUT2D eigenvalue weighted by Gasteiger charge is 2.22. The maximum Gasteiger partial charge on any atom is 0.307 e. The van der Waals surface area contributed by atoms with Gasteiger partial charge in [0, 0.05) is 0 Å². The normalized spacial score (nSPS) is 11.7. The molecule has 2 N–H and O–H groups in total. The molecular formula is C7H16N3O7+. The lowest BCUT2D eigenvalue weighted by Gasteiger charge is -2.26. The number of hydrogen-bond acceptors (Lipinski definition) is 6. The first-order valence-electron chi connectivity index (χ1n) is 4.42. The second-order valence-electron chi connectivity index (χ2n) is 4.11. The third-order valence-corrected chi connectivity index (χ3v) is 1.35. The largest absolute Gasteiger partial charge is 0.481 e. The van der Waals surface area contributed by atoms with Crippen LogP contribution in [0.5, 0.6) is 0 Å². The third-order valence-electron chi connectivity index (χ3n) is 1.35. The molecule has 0 heterocycles. The fourth-order valence-corrected chi connectivity index (χ4v) is 1.00. The highest BCUT2D eigenvalue weighted by atomic mass is 16.9. The average molecular weight is 254 g/mol. The first kappa shape index (κ1) is 17.4. The first-order valence-corrected chi connectivity index (χ1v) is 4.42. The van der Waals surface area contributed by atoms with E-state index in [2.05, 4.69) is 10.2 Å². The summed E-state index contributed by atoms with van der Waals surface area (Å²) in [5.74, 6) is -0.998. The van der Waals surface area contributed by atoms with Gasteiger partial charge in [-0.15, -0.1) is 15.0 Å². The maximum atomic E-state index is 10.3. The lowest BCUT2D eigenvalue weighted by atomic mass is 10.2. The van der Waals surface area contributed by atoms with Crippen molar-refractivity contribution in [2.75, 3.05) is 27.7 Å². The number of likely N-dealkylation sites (N-methyl/N-ethyl adjacent to an activating group) is 1. The van der Waals surface area contributed by atoms with E-state index in [1.165, 1.54) is 0 Å². The zero-order valence-corrected chi connectivity index (χ0v) is 9.77. The van der Waals surface area contributed by atoms with Crippen molar-refractivity contribution in [3.63, 3.8) is 0 Å². The summed E-state index contributed by atoms with van der Waals surface area (Å²) in [5.41, 5.74) is 0. The quantitative estimate of drug-likeness (QED) is 0.291. The number of quaternary nitrogens is 1. The molecule has 0 unspecified atom stereocenters. The van der Waals surface area contributed by atoms with Crippen LogP contribution in [0.25, 0.3) is 0 Å². The molecule has 10 heteroatoms. The molecule has 0 aromatic carbocycles. The van der Waals surface area contributed by atoms with E-state index in [-0.39, 0.29) is 6.42 Å². The Morgan fingerprint density at radius 1 is 1.53 bits per heavy atom. The third kappa shape index (κ3) is 20.2. The number of carbonyl (C=O) groups is 1. The summed E-state index contributed by atoms with van der Waals surface area (Å²) in [6, 6.07) is 0. The standard InChI is InChI=1S/C7H14N2O4.HNO3/c1-9(2,3)5-6(13-8-12)4-7(10)11;2-1(3)4/h6H,4-5H2,1-3H3;(H,2,3,4)/p+1/t6-;/m1./s1. The second kappa shape index (κ2) is 8.21. The van der Waals surface area contributed by atoms with Crippen molar-refractivity contribution in [1.29, 1.82) is 0 Å². The zero-order valence-electron chi connectivity index (χ0n) is 9.77. The molecule has 0 aromatic heterocycles. The van der Waals surface area contributed by atoms with Gasteiger partial charge in [-0.25, -0.2) is 0 Å². The summed E-state index contributed by atoms with van der Waals surface area (Å²) in [4.78, 5) is 32.9. The Balaban J connectivity index is 0. The van der Waals surface area contributed by atoms with Crippen molar-refractivity contribution in [2.24, 2.45) is 5.34 Å². The molecule has 1 atom stereocenters. The average Bonchev–Trinajstić information content (AvgIpc) is 1.97. The summed E-state index contributed by atoms with van der Waals surface area (Å²) < 4.78 is 0.521. The lowest BCUT2D eigenvalue weighted by Crippen LogP contribution is -2.42. The number of aliphatic carboxylic acids is 1. The molecule has 17 heavy (non-hydrogen) atoms. The number of carboxylic acids is 1. The molecule has 0 aliphatic heterocycles. The van der Waals surface area contributed by atoms with E-state index >= 15 is 0 Å². The van der Waals surface area contributed by atoms with Crippen LogP contribution in [0.4, 0.5) is 0 Å². The predicted octanol–water partition coefficient (Wildman–Crippen LogP) is -0.114. The van der Waals surface area contributed by atoms with Gasteiger partial charge in [0.25, 0.3) is 5.09 Å². The maximum absolute atomic E-state index is 10.3. The van der Waals surface area contributed by atoms with Gasteiger partial charge >= 0.3 is 5.97 Å². The molecule has 10 nitrogen and oxygen atoms in total. The van der Waals surface area contributed by atoms with Crippen LogP contribution in [-0.4, -0.2) is 59.6 Å². The Hall–Kier alpha value is -1.97. The Labute approximate surface area is 97.0 Å². The van der Waals surface area contributed by atoms with Crippen molar-refractivity contribution < 1.29 is 29.5 Å². The Kier molecular flexibility index (Phi) is 8.42. The van der Waals surface area contributed by atoms with Crippen LogP contribution < -0.4 is 0 Å². The topological polar surface area (TPSA) is 139 Å². The Morgan fingerprint density at radius 2 is 1.94 bits per heavy atom. The molecule has 0 amide bonds. The SMILES string of the molecule is C[N+](C)(C)C[C@@H](CC(=O)O)ON=O.O=[N+]([O-])O. The van der Waals surface area contributed by atoms with Gasteiger partial charge < -0.3 is 19.6 Å². The molecule has 0 spiro atoms. The fourth-order valence-electron chi connectivity index (χ4n) is 1.00. The van der Waals surface area contributed by atoms with Crippen molar-refractivity contribution in [3.05, 3.63) is 15.0 Å². The van der Waals surface area contributed by atoms with Crippen LogP contribution in [0.1, 0.15) is 6.42 Å². The van der Waals surface area contributed by atoms with Crippen LogP contribution in [-0.2, 0) is 9.63 Å². The summed E-state index contributed by atoms with van der Waals surface area (Å²) in [5, 5.41) is 24.4. The molecule has 0 aromatic rings. The monoisotopic (exact) mass is 254 g/mol. The van der Waals surface area contributed by atoms with E-state index in [4.69, 9.17) is 20.4 Å². The van der Waals surface area contributed by atoms with Gasteiger partial charge in [0.2, 0.25) is 0 Å². The minimum atomic E-state index is -1.50. The zero-order chi connectivity index (χ0) is 14.1. The minimum absolute atomic E-state index is 0.207. The molecule has 0 aliphatic rings. The van der Waals surface area contributed by atoms with E-state index in [9.17, 15) is 9.70 Å². The molecule has 0 fully saturated rings. The molecule has 100 valence electrons. The van der Waals surface area contributed by atoms with E-state index in [1.807, 2.05) is 21.1 Å². The van der Waals surface area contributed by atoms with Gasteiger partial charge in [-0.05, 0) is 0 Å². The number of rotatable bonds is 6. The molecule has 0 saturated carbocycles. The van der Waals surface area contributed by atoms with Gasteiger partial charge in [0.1, 0.15) is 6.54 Å². The highest BCUT2D eigenvalue weighted by molar-refractivity contribution is 5.67.